The summed E-state index contributed by atoms with van der Waals surface area (Å²) in [5.41, 5.74) is -4.66. The third-order valence-corrected chi connectivity index (χ3v) is 15.0. The van der Waals surface area contributed by atoms with Gasteiger partial charge in [-0.3, -0.25) is 0 Å². The summed E-state index contributed by atoms with van der Waals surface area (Å²) in [5, 5.41) is 4.05. The molecule has 2 aromatic carbocycles. The van der Waals surface area contributed by atoms with Gasteiger partial charge in [-0.05, 0) is 0 Å². The van der Waals surface area contributed by atoms with Crippen molar-refractivity contribution in [1.29, 1.82) is 0 Å². The number of halogens is 4. The number of para-hydroxylation sites is 1. The van der Waals surface area contributed by atoms with E-state index in [0.29, 0.717) is 5.69 Å². The maximum atomic E-state index is 13.2. The average Bonchev–Trinajstić information content (AvgIpc) is 3.05. The molecule has 0 amide bonds. The van der Waals surface area contributed by atoms with E-state index < -0.39 is 31.0 Å². The molecule has 25 heavy (non-hydrogen) atoms. The standard InChI is InChI=1S/C16H12F3IN2O2S/c17-16(18,19)25(23,24)20(13-7-3-1-4-8-13)14-11-21-22(12-14)15-9-5-2-6-10-15/h1-12H. The third-order valence-electron chi connectivity index (χ3n) is 3.18. The van der Waals surface area contributed by atoms with Crippen LogP contribution in [0.25, 0.3) is 5.69 Å². The SMILES string of the molecule is O=S(=O)(I(c1ccccc1)c1cnn(-c2ccccc2)c1)C(F)(F)F. The van der Waals surface area contributed by atoms with Gasteiger partial charge in [-0.25, -0.2) is 0 Å². The van der Waals surface area contributed by atoms with E-state index in [9.17, 15) is 21.6 Å². The van der Waals surface area contributed by atoms with Crippen LogP contribution >= 0.6 is 18.4 Å². The van der Waals surface area contributed by atoms with Crippen LogP contribution in [0.15, 0.2) is 73.1 Å². The molecule has 3 rings (SSSR count). The second-order valence-electron chi connectivity index (χ2n) is 4.87. The molecule has 9 heteroatoms. The van der Waals surface area contributed by atoms with Crippen LogP contribution in [0.5, 0.6) is 0 Å². The molecule has 0 N–H and O–H groups in total. The zero-order chi connectivity index (χ0) is 18.1. The number of nitrogens with zero attached hydrogens (tertiary/aromatic N) is 2. The fraction of sp³-hybridized carbons (Fsp3) is 0.0625. The van der Waals surface area contributed by atoms with Crippen molar-refractivity contribution in [3.8, 4) is 5.69 Å². The molecule has 0 unspecified atom stereocenters. The second kappa shape index (κ2) is 6.79. The van der Waals surface area contributed by atoms with Crippen LogP contribution in [0.4, 0.5) is 13.2 Å². The minimum atomic E-state index is -5.31. The fourth-order valence-electron chi connectivity index (χ4n) is 2.09. The van der Waals surface area contributed by atoms with Crippen molar-refractivity contribution in [2.24, 2.45) is 0 Å². The summed E-state index contributed by atoms with van der Waals surface area (Å²) in [6.45, 7) is 0. The van der Waals surface area contributed by atoms with Crippen LogP contribution in [-0.4, -0.2) is 23.7 Å². The number of benzene rings is 2. The van der Waals surface area contributed by atoms with Gasteiger partial charge >= 0.3 is 148 Å². The Labute approximate surface area is 148 Å². The Balaban J connectivity index is 2.13. The Morgan fingerprint density at radius 3 is 2.00 bits per heavy atom. The van der Waals surface area contributed by atoms with E-state index in [1.54, 1.807) is 36.4 Å². The van der Waals surface area contributed by atoms with Gasteiger partial charge in [-0.15, -0.1) is 0 Å². The van der Waals surface area contributed by atoms with Crippen molar-refractivity contribution >= 4 is 25.4 Å². The van der Waals surface area contributed by atoms with Crippen LogP contribution in [0.3, 0.4) is 0 Å². The molecule has 0 saturated carbocycles. The van der Waals surface area contributed by atoms with E-state index >= 15 is 0 Å². The van der Waals surface area contributed by atoms with Gasteiger partial charge < -0.3 is 0 Å². The first-order chi connectivity index (χ1) is 11.8. The average molecular weight is 480 g/mol. The topological polar surface area (TPSA) is 52.0 Å². The summed E-state index contributed by atoms with van der Waals surface area (Å²) < 4.78 is 65.7. The third kappa shape index (κ3) is 3.56. The summed E-state index contributed by atoms with van der Waals surface area (Å²) in [7, 11) is -5.31. The van der Waals surface area contributed by atoms with Crippen molar-refractivity contribution in [3.05, 3.63) is 80.2 Å². The molecule has 0 fully saturated rings. The molecule has 0 aliphatic rings. The van der Waals surface area contributed by atoms with Gasteiger partial charge in [0.1, 0.15) is 0 Å². The molecule has 1 aromatic heterocycles. The van der Waals surface area contributed by atoms with Crippen molar-refractivity contribution < 1.29 is 21.6 Å². The Morgan fingerprint density at radius 2 is 1.44 bits per heavy atom. The summed E-state index contributed by atoms with van der Waals surface area (Å²) in [6, 6.07) is 16.3. The molecular weight excluding hydrogens is 468 g/mol. The number of rotatable bonds is 4. The molecule has 0 radical (unpaired) electrons. The molecule has 3 aromatic rings. The van der Waals surface area contributed by atoms with Gasteiger partial charge in [0.05, 0.1) is 0 Å². The molecule has 1 heterocycles. The molecule has 132 valence electrons. The molecule has 0 aliphatic heterocycles. The van der Waals surface area contributed by atoms with Gasteiger partial charge in [0.2, 0.25) is 0 Å². The summed E-state index contributed by atoms with van der Waals surface area (Å²) >= 11 is -3.85. The normalized spacial score (nSPS) is 12.8. The van der Waals surface area contributed by atoms with E-state index in [0.717, 1.165) is 0 Å². The first-order valence-electron chi connectivity index (χ1n) is 6.98. The summed E-state index contributed by atoms with van der Waals surface area (Å²) in [4.78, 5) is 0. The number of hydrogen-bond acceptors (Lipinski definition) is 3. The Morgan fingerprint density at radius 1 is 0.880 bits per heavy atom. The van der Waals surface area contributed by atoms with Crippen molar-refractivity contribution in [1.82, 2.24) is 9.78 Å². The Bertz CT molecular complexity index is 958. The maximum absolute atomic E-state index is 13.2. The predicted molar refractivity (Wildman–Crippen MR) is 96.4 cm³/mol. The van der Waals surface area contributed by atoms with E-state index in [4.69, 9.17) is 0 Å². The summed E-state index contributed by atoms with van der Waals surface area (Å²) in [5.74, 6) is 0. The monoisotopic (exact) mass is 480 g/mol. The zero-order valence-electron chi connectivity index (χ0n) is 12.6. The van der Waals surface area contributed by atoms with Crippen LogP contribution in [-0.2, 0) is 7.01 Å². The van der Waals surface area contributed by atoms with E-state index in [1.165, 1.54) is 41.3 Å². The quantitative estimate of drug-likeness (QED) is 0.414. The molecule has 0 spiro atoms. The van der Waals surface area contributed by atoms with Crippen molar-refractivity contribution in [3.63, 3.8) is 0 Å². The Hall–Kier alpha value is -1.88. The van der Waals surface area contributed by atoms with Gasteiger partial charge in [-0.2, -0.15) is 0 Å². The molecular formula is C16H12F3IN2O2S. The van der Waals surface area contributed by atoms with Gasteiger partial charge in [0, 0.05) is 0 Å². The zero-order valence-corrected chi connectivity index (χ0v) is 15.5. The van der Waals surface area contributed by atoms with E-state index in [2.05, 4.69) is 5.10 Å². The number of aromatic nitrogens is 2. The first kappa shape index (κ1) is 17.9. The first-order valence-corrected chi connectivity index (χ1v) is 13.2. The second-order valence-corrected chi connectivity index (χ2v) is 15.7. The molecule has 4 nitrogen and oxygen atoms in total. The van der Waals surface area contributed by atoms with Crippen molar-refractivity contribution in [2.45, 2.75) is 5.51 Å². The minimum absolute atomic E-state index is 0.108. The van der Waals surface area contributed by atoms with Crippen LogP contribution < -0.4 is 0 Å². The molecule has 0 atom stereocenters. The summed E-state index contributed by atoms with van der Waals surface area (Å²) in [6.07, 6.45) is 2.59. The molecule has 0 aliphatic carbocycles. The van der Waals surface area contributed by atoms with Gasteiger partial charge in [0.25, 0.3) is 0 Å². The van der Waals surface area contributed by atoms with Gasteiger partial charge in [0.15, 0.2) is 0 Å². The van der Waals surface area contributed by atoms with Crippen LogP contribution in [0.2, 0.25) is 0 Å². The number of hydrogen-bond donors (Lipinski definition) is 0. The fourth-order valence-corrected chi connectivity index (χ4v) is 12.2. The van der Waals surface area contributed by atoms with Gasteiger partial charge in [-0.1, -0.05) is 0 Å². The van der Waals surface area contributed by atoms with Crippen LogP contribution in [0, 0.1) is 7.14 Å². The predicted octanol–water partition coefficient (Wildman–Crippen LogP) is 4.27. The van der Waals surface area contributed by atoms with Crippen molar-refractivity contribution in [2.75, 3.05) is 0 Å². The van der Waals surface area contributed by atoms with Crippen LogP contribution in [0.1, 0.15) is 0 Å². The number of alkyl halides is 3. The van der Waals surface area contributed by atoms with E-state index in [1.807, 2.05) is 0 Å². The van der Waals surface area contributed by atoms with E-state index in [-0.39, 0.29) is 7.14 Å². The molecule has 0 saturated heterocycles. The molecule has 0 bridgehead atoms. The Kier molecular flexibility index (Phi) is 4.87.